The molecule has 0 unspecified atom stereocenters. The van der Waals surface area contributed by atoms with Gasteiger partial charge in [-0.15, -0.1) is 11.3 Å². The van der Waals surface area contributed by atoms with Crippen molar-refractivity contribution >= 4 is 27.3 Å². The standard InChI is InChI=1S/C21H23N3O6S2/c1-14-23-17(13-31-14)18-6-4-15(30-18)11-22-21(25)12-24(2)32(26,27)16-5-7-19-20(10-16)29-9-3-8-28-19/h4-7,10,13H,3,8-9,11-12H2,1-2H3,(H,22,25). The number of nitrogens with one attached hydrogen (secondary N) is 1. The van der Waals surface area contributed by atoms with Gasteiger partial charge >= 0.3 is 0 Å². The lowest BCUT2D eigenvalue weighted by atomic mass is 10.3. The fourth-order valence-electron chi connectivity index (χ4n) is 3.10. The van der Waals surface area contributed by atoms with Crippen molar-refractivity contribution in [1.82, 2.24) is 14.6 Å². The van der Waals surface area contributed by atoms with Crippen LogP contribution in [-0.2, 0) is 21.4 Å². The summed E-state index contributed by atoms with van der Waals surface area (Å²) in [6.45, 7) is 2.68. The molecule has 0 atom stereocenters. The smallest absolute Gasteiger partial charge is 0.243 e. The van der Waals surface area contributed by atoms with E-state index in [1.807, 2.05) is 12.3 Å². The molecule has 4 rings (SSSR count). The number of ether oxygens (including phenoxy) is 2. The number of thiazole rings is 1. The molecular formula is C21H23N3O6S2. The lowest BCUT2D eigenvalue weighted by molar-refractivity contribution is -0.121. The number of nitrogens with zero attached hydrogens (tertiary/aromatic N) is 2. The Morgan fingerprint density at radius 3 is 2.72 bits per heavy atom. The molecule has 2 aromatic heterocycles. The van der Waals surface area contributed by atoms with Crippen LogP contribution in [0.15, 0.2) is 45.0 Å². The van der Waals surface area contributed by atoms with E-state index in [4.69, 9.17) is 13.9 Å². The molecule has 0 bridgehead atoms. The van der Waals surface area contributed by atoms with E-state index >= 15 is 0 Å². The molecule has 1 amide bonds. The Balaban J connectivity index is 1.36. The average molecular weight is 478 g/mol. The van der Waals surface area contributed by atoms with Crippen LogP contribution in [-0.4, -0.2) is 50.4 Å². The van der Waals surface area contributed by atoms with Gasteiger partial charge < -0.3 is 19.2 Å². The maximum atomic E-state index is 12.9. The van der Waals surface area contributed by atoms with Gasteiger partial charge in [-0.25, -0.2) is 13.4 Å². The van der Waals surface area contributed by atoms with Gasteiger partial charge in [0.25, 0.3) is 0 Å². The molecule has 0 radical (unpaired) electrons. The topological polar surface area (TPSA) is 111 Å². The summed E-state index contributed by atoms with van der Waals surface area (Å²) in [6.07, 6.45) is 0.720. The van der Waals surface area contributed by atoms with Crippen molar-refractivity contribution in [2.24, 2.45) is 0 Å². The molecule has 3 aromatic rings. The van der Waals surface area contributed by atoms with E-state index in [-0.39, 0.29) is 18.0 Å². The molecule has 170 valence electrons. The highest BCUT2D eigenvalue weighted by Gasteiger charge is 2.25. The molecule has 1 aliphatic heterocycles. The zero-order valence-electron chi connectivity index (χ0n) is 17.7. The maximum absolute atomic E-state index is 12.9. The van der Waals surface area contributed by atoms with E-state index in [9.17, 15) is 13.2 Å². The van der Waals surface area contributed by atoms with Crippen molar-refractivity contribution in [2.75, 3.05) is 26.8 Å². The predicted octanol–water partition coefficient (Wildman–Crippen LogP) is 2.81. The van der Waals surface area contributed by atoms with Crippen molar-refractivity contribution < 1.29 is 27.1 Å². The second kappa shape index (κ2) is 9.31. The first kappa shape index (κ1) is 22.3. The van der Waals surface area contributed by atoms with Crippen molar-refractivity contribution in [3.05, 3.63) is 46.5 Å². The van der Waals surface area contributed by atoms with E-state index in [2.05, 4.69) is 10.3 Å². The van der Waals surface area contributed by atoms with Gasteiger partial charge in [0.15, 0.2) is 17.3 Å². The molecule has 0 spiro atoms. The van der Waals surface area contributed by atoms with Gasteiger partial charge in [0.1, 0.15) is 11.5 Å². The Morgan fingerprint density at radius 1 is 1.19 bits per heavy atom. The first-order chi connectivity index (χ1) is 15.3. The largest absolute Gasteiger partial charge is 0.490 e. The second-order valence-electron chi connectivity index (χ2n) is 7.21. The number of amides is 1. The Morgan fingerprint density at radius 2 is 1.97 bits per heavy atom. The van der Waals surface area contributed by atoms with Crippen LogP contribution in [0.2, 0.25) is 0 Å². The molecule has 0 saturated carbocycles. The van der Waals surface area contributed by atoms with Gasteiger partial charge in [0.05, 0.1) is 36.2 Å². The van der Waals surface area contributed by atoms with Crippen molar-refractivity contribution in [2.45, 2.75) is 24.8 Å². The fourth-order valence-corrected chi connectivity index (χ4v) is 4.85. The van der Waals surface area contributed by atoms with Gasteiger partial charge in [-0.3, -0.25) is 4.79 Å². The molecule has 32 heavy (non-hydrogen) atoms. The Hall–Kier alpha value is -2.89. The summed E-state index contributed by atoms with van der Waals surface area (Å²) in [7, 11) is -2.53. The van der Waals surface area contributed by atoms with Gasteiger partial charge in [0, 0.05) is 24.9 Å². The van der Waals surface area contributed by atoms with Gasteiger partial charge in [-0.05, 0) is 31.2 Å². The Labute approximate surface area is 190 Å². The van der Waals surface area contributed by atoms with Crippen LogP contribution < -0.4 is 14.8 Å². The van der Waals surface area contributed by atoms with Crippen LogP contribution in [0.25, 0.3) is 11.5 Å². The number of aryl methyl sites for hydroxylation is 1. The van der Waals surface area contributed by atoms with Crippen LogP contribution in [0.4, 0.5) is 0 Å². The second-order valence-corrected chi connectivity index (χ2v) is 10.3. The van der Waals surface area contributed by atoms with Gasteiger partial charge in [-0.2, -0.15) is 4.31 Å². The molecule has 1 aromatic carbocycles. The summed E-state index contributed by atoms with van der Waals surface area (Å²) in [6, 6.07) is 7.98. The quantitative estimate of drug-likeness (QED) is 0.557. The highest BCUT2D eigenvalue weighted by molar-refractivity contribution is 7.89. The SMILES string of the molecule is Cc1nc(-c2ccc(CNC(=O)CN(C)S(=O)(=O)c3ccc4c(c3)OCCCO4)o2)cs1. The molecule has 0 aliphatic carbocycles. The third-order valence-electron chi connectivity index (χ3n) is 4.79. The van der Waals surface area contributed by atoms with Gasteiger partial charge in [0.2, 0.25) is 15.9 Å². The van der Waals surface area contributed by atoms with E-state index < -0.39 is 15.9 Å². The number of likely N-dealkylation sites (N-methyl/N-ethyl adjacent to an activating group) is 1. The minimum Gasteiger partial charge on any atom is -0.490 e. The van der Waals surface area contributed by atoms with Crippen LogP contribution >= 0.6 is 11.3 Å². The highest BCUT2D eigenvalue weighted by Crippen LogP contribution is 2.32. The number of fused-ring (bicyclic) bond motifs is 1. The third-order valence-corrected chi connectivity index (χ3v) is 7.36. The Kier molecular flexibility index (Phi) is 6.49. The number of hydrogen-bond acceptors (Lipinski definition) is 8. The van der Waals surface area contributed by atoms with Gasteiger partial charge in [-0.1, -0.05) is 0 Å². The molecule has 9 nitrogen and oxygen atoms in total. The number of rotatable bonds is 7. The minimum absolute atomic E-state index is 0.0336. The Bertz CT molecular complexity index is 1220. The van der Waals surface area contributed by atoms with E-state index in [1.165, 1.54) is 30.5 Å². The van der Waals surface area contributed by atoms with E-state index in [1.54, 1.807) is 18.2 Å². The average Bonchev–Trinajstić information content (AvgIpc) is 3.34. The first-order valence-electron chi connectivity index (χ1n) is 9.97. The van der Waals surface area contributed by atoms with Crippen LogP contribution in [0.1, 0.15) is 17.2 Å². The number of carbonyl (C=O) groups is 1. The lowest BCUT2D eigenvalue weighted by Gasteiger charge is -2.17. The van der Waals surface area contributed by atoms with Crippen LogP contribution in [0.3, 0.4) is 0 Å². The number of hydrogen-bond donors (Lipinski definition) is 1. The monoisotopic (exact) mass is 477 g/mol. The minimum atomic E-state index is -3.89. The maximum Gasteiger partial charge on any atom is 0.243 e. The summed E-state index contributed by atoms with van der Waals surface area (Å²) in [4.78, 5) is 16.7. The van der Waals surface area contributed by atoms with Crippen molar-refractivity contribution in [3.63, 3.8) is 0 Å². The third kappa shape index (κ3) is 4.95. The first-order valence-corrected chi connectivity index (χ1v) is 12.3. The summed E-state index contributed by atoms with van der Waals surface area (Å²) in [5.41, 5.74) is 0.742. The molecular weight excluding hydrogens is 454 g/mol. The fraction of sp³-hybridized carbons (Fsp3) is 0.333. The van der Waals surface area contributed by atoms with Crippen molar-refractivity contribution in [3.8, 4) is 23.0 Å². The summed E-state index contributed by atoms with van der Waals surface area (Å²) < 4.78 is 43.6. The number of sulfonamides is 1. The summed E-state index contributed by atoms with van der Waals surface area (Å²) in [5.74, 6) is 1.60. The number of benzene rings is 1. The molecule has 0 fully saturated rings. The number of furan rings is 1. The zero-order valence-corrected chi connectivity index (χ0v) is 19.3. The summed E-state index contributed by atoms with van der Waals surface area (Å²) >= 11 is 1.52. The van der Waals surface area contributed by atoms with E-state index in [0.29, 0.717) is 36.2 Å². The molecule has 3 heterocycles. The molecule has 11 heteroatoms. The predicted molar refractivity (Wildman–Crippen MR) is 118 cm³/mol. The highest BCUT2D eigenvalue weighted by atomic mass is 32.2. The lowest BCUT2D eigenvalue weighted by Crippen LogP contribution is -2.38. The normalized spacial score (nSPS) is 13.7. The zero-order chi connectivity index (χ0) is 22.7. The molecule has 0 saturated heterocycles. The van der Waals surface area contributed by atoms with E-state index in [0.717, 1.165) is 21.4 Å². The molecule has 1 N–H and O–H groups in total. The van der Waals surface area contributed by atoms with Crippen LogP contribution in [0.5, 0.6) is 11.5 Å². The number of carbonyl (C=O) groups excluding carboxylic acids is 1. The summed E-state index contributed by atoms with van der Waals surface area (Å²) in [5, 5.41) is 5.51. The van der Waals surface area contributed by atoms with Crippen molar-refractivity contribution in [1.29, 1.82) is 0 Å². The van der Waals surface area contributed by atoms with Crippen LogP contribution in [0, 0.1) is 6.92 Å². The number of aromatic nitrogens is 1. The molecule has 1 aliphatic rings.